The van der Waals surface area contributed by atoms with E-state index in [0.717, 1.165) is 0 Å². The summed E-state index contributed by atoms with van der Waals surface area (Å²) >= 11 is 0. The third-order valence-corrected chi connectivity index (χ3v) is 1.79. The molecule has 0 aliphatic rings. The lowest BCUT2D eigenvalue weighted by Crippen LogP contribution is -2.41. The fraction of sp³-hybridized carbons (Fsp3) is 0.385. The van der Waals surface area contributed by atoms with Crippen LogP contribution in [0.3, 0.4) is 0 Å². The second-order valence-electron chi connectivity index (χ2n) is 2.88. The average Bonchev–Trinajstić information content (AvgIpc) is 2.26. The van der Waals surface area contributed by atoms with Gasteiger partial charge in [0.25, 0.3) is 0 Å². The first-order chi connectivity index (χ1) is 7.71. The Morgan fingerprint density at radius 2 is 2.06 bits per heavy atom. The lowest BCUT2D eigenvalue weighted by atomic mass is 10.2. The van der Waals surface area contributed by atoms with Crippen molar-refractivity contribution in [1.82, 2.24) is 4.90 Å². The Balaban J connectivity index is 4.84. The van der Waals surface area contributed by atoms with Gasteiger partial charge >= 0.3 is 5.97 Å². The van der Waals surface area contributed by atoms with Gasteiger partial charge in [-0.3, -0.25) is 4.90 Å². The minimum Gasteiger partial charge on any atom is -0.465 e. The molecule has 0 amide bonds. The van der Waals surface area contributed by atoms with E-state index in [-0.39, 0.29) is 13.1 Å². The Bertz CT molecular complexity index is 337. The van der Waals surface area contributed by atoms with Crippen LogP contribution < -0.4 is 0 Å². The van der Waals surface area contributed by atoms with E-state index in [4.69, 9.17) is 17.6 Å². The summed E-state index contributed by atoms with van der Waals surface area (Å²) in [4.78, 5) is 13.3. The third kappa shape index (κ3) is 4.53. The van der Waals surface area contributed by atoms with E-state index in [1.54, 1.807) is 11.8 Å². The van der Waals surface area contributed by atoms with Crippen molar-refractivity contribution in [2.24, 2.45) is 0 Å². The van der Waals surface area contributed by atoms with Gasteiger partial charge in [0.05, 0.1) is 19.7 Å². The molecular weight excluding hydrogens is 202 g/mol. The van der Waals surface area contributed by atoms with Gasteiger partial charge in [-0.25, -0.2) is 4.79 Å². The number of terminal acetylenes is 2. The van der Waals surface area contributed by atoms with Gasteiger partial charge in [-0.1, -0.05) is 18.4 Å². The van der Waals surface area contributed by atoms with E-state index in [2.05, 4.69) is 24.2 Å². The van der Waals surface area contributed by atoms with Crippen LogP contribution in [-0.2, 0) is 9.53 Å². The van der Waals surface area contributed by atoms with Crippen LogP contribution >= 0.6 is 0 Å². The molecule has 0 spiro atoms. The average molecular weight is 217 g/mol. The van der Waals surface area contributed by atoms with Crippen molar-refractivity contribution >= 4 is 5.97 Å². The van der Waals surface area contributed by atoms with Gasteiger partial charge < -0.3 is 4.74 Å². The summed E-state index contributed by atoms with van der Waals surface area (Å²) in [6.07, 6.45) is 11.9. The van der Waals surface area contributed by atoms with Crippen molar-refractivity contribution in [3.8, 4) is 24.7 Å². The highest BCUT2D eigenvalue weighted by Crippen LogP contribution is 2.03. The molecule has 16 heavy (non-hydrogen) atoms. The van der Waals surface area contributed by atoms with E-state index in [0.29, 0.717) is 6.61 Å². The van der Waals surface area contributed by atoms with Crippen LogP contribution in [0.4, 0.5) is 0 Å². The number of nitrogens with zero attached hydrogens (tertiary/aromatic N) is 1. The van der Waals surface area contributed by atoms with Crippen molar-refractivity contribution in [3.05, 3.63) is 18.4 Å². The fourth-order valence-corrected chi connectivity index (χ4v) is 1.15. The van der Waals surface area contributed by atoms with Gasteiger partial charge in [0, 0.05) is 0 Å². The maximum Gasteiger partial charge on any atom is 0.328 e. The largest absolute Gasteiger partial charge is 0.465 e. The summed E-state index contributed by atoms with van der Waals surface area (Å²) in [5, 5.41) is 0. The molecule has 0 bridgehead atoms. The van der Waals surface area contributed by atoms with Gasteiger partial charge in [0.2, 0.25) is 0 Å². The van der Waals surface area contributed by atoms with Crippen LogP contribution in [0.25, 0.3) is 0 Å². The van der Waals surface area contributed by atoms with Gasteiger partial charge in [-0.15, -0.1) is 18.6 Å². The molecule has 0 aromatic heterocycles. The summed E-state index contributed by atoms with van der Waals surface area (Å²) in [6.45, 7) is 6.01. The number of ether oxygens (including phenoxy) is 1. The van der Waals surface area contributed by atoms with E-state index < -0.39 is 12.0 Å². The Kier molecular flexibility index (Phi) is 7.37. The van der Waals surface area contributed by atoms with E-state index in [1.165, 1.54) is 6.08 Å². The van der Waals surface area contributed by atoms with Crippen molar-refractivity contribution in [2.75, 3.05) is 19.7 Å². The molecule has 0 rings (SSSR count). The first kappa shape index (κ1) is 14.1. The molecule has 0 aromatic rings. The summed E-state index contributed by atoms with van der Waals surface area (Å²) in [5.41, 5.74) is 2.55. The molecule has 1 atom stereocenters. The Morgan fingerprint density at radius 3 is 2.44 bits per heavy atom. The second-order valence-corrected chi connectivity index (χ2v) is 2.88. The highest BCUT2D eigenvalue weighted by Gasteiger charge is 2.23. The van der Waals surface area contributed by atoms with Gasteiger partial charge in [-0.05, 0) is 13.0 Å². The molecule has 84 valence electrons. The monoisotopic (exact) mass is 217 g/mol. The molecular formula is C13H15NO2. The first-order valence-corrected chi connectivity index (χ1v) is 4.84. The maximum atomic E-state index is 11.6. The van der Waals surface area contributed by atoms with Crippen molar-refractivity contribution in [2.45, 2.75) is 13.0 Å². The lowest BCUT2D eigenvalue weighted by Gasteiger charge is -2.23. The number of carbonyl (C=O) groups is 1. The van der Waals surface area contributed by atoms with Gasteiger partial charge in [0.1, 0.15) is 6.04 Å². The zero-order chi connectivity index (χ0) is 12.4. The second kappa shape index (κ2) is 8.38. The fourth-order valence-electron chi connectivity index (χ4n) is 1.15. The Morgan fingerprint density at radius 1 is 1.50 bits per heavy atom. The molecule has 0 aliphatic heterocycles. The number of esters is 1. The summed E-state index contributed by atoms with van der Waals surface area (Å²) in [6, 6.07) is -0.621. The van der Waals surface area contributed by atoms with Crippen molar-refractivity contribution in [3.63, 3.8) is 0 Å². The van der Waals surface area contributed by atoms with Crippen LogP contribution in [0.1, 0.15) is 6.92 Å². The molecule has 0 saturated carbocycles. The Labute approximate surface area is 96.8 Å². The number of carbonyl (C=O) groups excluding carboxylic acids is 1. The third-order valence-electron chi connectivity index (χ3n) is 1.79. The molecule has 3 heteroatoms. The molecule has 0 aliphatic carbocycles. The number of hydrogen-bond donors (Lipinski definition) is 0. The Hall–Kier alpha value is -1.93. The summed E-state index contributed by atoms with van der Waals surface area (Å²) in [7, 11) is 0. The van der Waals surface area contributed by atoms with Crippen LogP contribution in [-0.4, -0.2) is 36.6 Å². The van der Waals surface area contributed by atoms with Gasteiger partial charge in [0.15, 0.2) is 0 Å². The molecule has 0 heterocycles. The first-order valence-electron chi connectivity index (χ1n) is 4.84. The highest BCUT2D eigenvalue weighted by atomic mass is 16.5. The lowest BCUT2D eigenvalue weighted by molar-refractivity contribution is -0.147. The van der Waals surface area contributed by atoms with E-state index in [1.807, 2.05) is 0 Å². The highest BCUT2D eigenvalue weighted by molar-refractivity contribution is 5.78. The van der Waals surface area contributed by atoms with Crippen molar-refractivity contribution < 1.29 is 9.53 Å². The predicted molar refractivity (Wildman–Crippen MR) is 63.4 cm³/mol. The van der Waals surface area contributed by atoms with Crippen LogP contribution in [0, 0.1) is 24.7 Å². The molecule has 3 nitrogen and oxygen atoms in total. The molecule has 1 unspecified atom stereocenters. The van der Waals surface area contributed by atoms with E-state index in [9.17, 15) is 4.79 Å². The SMILES string of the molecule is C#CCN(CC#C)C(C=C=C)C(=O)OCC. The molecule has 0 radical (unpaired) electrons. The zero-order valence-corrected chi connectivity index (χ0v) is 9.40. The number of rotatable bonds is 6. The smallest absolute Gasteiger partial charge is 0.328 e. The summed E-state index contributed by atoms with van der Waals surface area (Å²) < 4.78 is 4.91. The topological polar surface area (TPSA) is 29.5 Å². The minimum atomic E-state index is -0.621. The molecule has 0 N–H and O–H groups in total. The zero-order valence-electron chi connectivity index (χ0n) is 9.40. The minimum absolute atomic E-state index is 0.270. The maximum absolute atomic E-state index is 11.6. The van der Waals surface area contributed by atoms with Crippen molar-refractivity contribution in [1.29, 1.82) is 0 Å². The normalized spacial score (nSPS) is 10.8. The van der Waals surface area contributed by atoms with Crippen LogP contribution in [0.15, 0.2) is 18.4 Å². The molecule has 0 saturated heterocycles. The van der Waals surface area contributed by atoms with Crippen LogP contribution in [0.5, 0.6) is 0 Å². The summed E-state index contributed by atoms with van der Waals surface area (Å²) in [5.74, 6) is 4.49. The number of hydrogen-bond acceptors (Lipinski definition) is 3. The van der Waals surface area contributed by atoms with Gasteiger partial charge in [-0.2, -0.15) is 0 Å². The standard InChI is InChI=1S/C13H15NO2/c1-5-9-12(13(15)16-8-4)14(10-6-2)11-7-3/h2-3,9,12H,1,8,10-11H2,4H3. The van der Waals surface area contributed by atoms with Crippen LogP contribution in [0.2, 0.25) is 0 Å². The quantitative estimate of drug-likeness (QED) is 0.375. The molecule has 0 fully saturated rings. The predicted octanol–water partition coefficient (Wildman–Crippen LogP) is 0.828. The van der Waals surface area contributed by atoms with E-state index >= 15 is 0 Å². The molecule has 0 aromatic carbocycles.